The number of Topliss-reactive ketones (excluding diaryl/α,β-unsaturated/α-hetero) is 1. The Hall–Kier alpha value is -3.93. The van der Waals surface area contributed by atoms with Gasteiger partial charge >= 0.3 is 5.97 Å². The number of aromatic carboxylic acids is 1. The van der Waals surface area contributed by atoms with Crippen LogP contribution in [-0.2, 0) is 6.54 Å². The largest absolute Gasteiger partial charge is 0.475 e. The summed E-state index contributed by atoms with van der Waals surface area (Å²) in [6.45, 7) is 1.94. The first-order valence-corrected chi connectivity index (χ1v) is 9.06. The Labute approximate surface area is 166 Å². The summed E-state index contributed by atoms with van der Waals surface area (Å²) in [6, 6.07) is 18.2. The van der Waals surface area contributed by atoms with Crippen molar-refractivity contribution in [2.45, 2.75) is 13.5 Å². The summed E-state index contributed by atoms with van der Waals surface area (Å²) in [6.07, 6.45) is 3.74. The third-order valence-electron chi connectivity index (χ3n) is 4.64. The highest BCUT2D eigenvalue weighted by Gasteiger charge is 2.12. The molecule has 0 aliphatic carbocycles. The van der Waals surface area contributed by atoms with E-state index in [0.717, 1.165) is 22.2 Å². The third-order valence-corrected chi connectivity index (χ3v) is 4.64. The van der Waals surface area contributed by atoms with Crippen molar-refractivity contribution >= 4 is 34.6 Å². The van der Waals surface area contributed by atoms with Crippen molar-refractivity contribution in [3.8, 4) is 0 Å². The number of ketones is 1. The number of furan rings is 1. The summed E-state index contributed by atoms with van der Waals surface area (Å²) in [7, 11) is 0. The van der Waals surface area contributed by atoms with E-state index in [1.807, 2.05) is 47.2 Å². The Morgan fingerprint density at radius 2 is 1.83 bits per heavy atom. The molecule has 0 saturated carbocycles. The Kier molecular flexibility index (Phi) is 4.83. The molecular weight excluding hydrogens is 368 g/mol. The van der Waals surface area contributed by atoms with Crippen LogP contribution in [0.2, 0.25) is 0 Å². The zero-order valence-corrected chi connectivity index (χ0v) is 15.7. The molecule has 0 atom stereocenters. The van der Waals surface area contributed by atoms with E-state index in [-0.39, 0.29) is 11.5 Å². The van der Waals surface area contributed by atoms with E-state index in [2.05, 4.69) is 4.99 Å². The van der Waals surface area contributed by atoms with Gasteiger partial charge < -0.3 is 14.1 Å². The lowest BCUT2D eigenvalue weighted by atomic mass is 10.1. The Balaban J connectivity index is 1.64. The van der Waals surface area contributed by atoms with Crippen molar-refractivity contribution < 1.29 is 19.1 Å². The van der Waals surface area contributed by atoms with Crippen LogP contribution in [0.15, 0.2) is 76.3 Å². The molecule has 0 spiro atoms. The summed E-state index contributed by atoms with van der Waals surface area (Å²) in [5.74, 6) is -0.580. The molecule has 2 heterocycles. The molecule has 6 nitrogen and oxygen atoms in total. The van der Waals surface area contributed by atoms with Crippen LogP contribution in [0.3, 0.4) is 0 Å². The molecule has 4 rings (SSSR count). The lowest BCUT2D eigenvalue weighted by Gasteiger charge is -2.02. The Morgan fingerprint density at radius 1 is 1.07 bits per heavy atom. The maximum atomic E-state index is 11.4. The highest BCUT2D eigenvalue weighted by atomic mass is 16.4. The molecule has 0 aliphatic rings. The van der Waals surface area contributed by atoms with Crippen LogP contribution in [0.1, 0.15) is 39.2 Å². The van der Waals surface area contributed by atoms with E-state index >= 15 is 0 Å². The second kappa shape index (κ2) is 7.59. The van der Waals surface area contributed by atoms with Gasteiger partial charge in [0.25, 0.3) is 0 Å². The molecule has 144 valence electrons. The number of fused-ring (bicyclic) bond motifs is 1. The van der Waals surface area contributed by atoms with Gasteiger partial charge in [0.1, 0.15) is 5.76 Å². The third kappa shape index (κ3) is 3.87. The number of aromatic nitrogens is 1. The molecule has 29 heavy (non-hydrogen) atoms. The summed E-state index contributed by atoms with van der Waals surface area (Å²) in [5.41, 5.74) is 3.33. The van der Waals surface area contributed by atoms with Gasteiger partial charge in [-0.1, -0.05) is 18.2 Å². The molecule has 0 aliphatic heterocycles. The number of nitrogens with zero attached hydrogens (tertiary/aromatic N) is 2. The first kappa shape index (κ1) is 18.4. The fraction of sp³-hybridized carbons (Fsp3) is 0.0870. The van der Waals surface area contributed by atoms with E-state index in [9.17, 15) is 9.59 Å². The molecule has 0 amide bonds. The van der Waals surface area contributed by atoms with Crippen LogP contribution in [0.25, 0.3) is 10.9 Å². The molecule has 0 unspecified atom stereocenters. The average molecular weight is 386 g/mol. The topological polar surface area (TPSA) is 84.8 Å². The van der Waals surface area contributed by atoms with Crippen LogP contribution in [0.4, 0.5) is 5.69 Å². The van der Waals surface area contributed by atoms with Gasteiger partial charge in [0.2, 0.25) is 5.76 Å². The van der Waals surface area contributed by atoms with E-state index < -0.39 is 5.97 Å². The molecule has 2 aromatic heterocycles. The number of carbonyl (C=O) groups is 2. The number of para-hydroxylation sites is 1. The first-order valence-electron chi connectivity index (χ1n) is 9.06. The number of carboxylic acids is 1. The van der Waals surface area contributed by atoms with E-state index in [1.54, 1.807) is 24.4 Å². The van der Waals surface area contributed by atoms with Crippen LogP contribution in [0, 0.1) is 0 Å². The zero-order valence-electron chi connectivity index (χ0n) is 15.7. The van der Waals surface area contributed by atoms with Crippen LogP contribution < -0.4 is 0 Å². The molecule has 0 bridgehead atoms. The summed E-state index contributed by atoms with van der Waals surface area (Å²) in [5, 5.41) is 10.1. The highest BCUT2D eigenvalue weighted by Crippen LogP contribution is 2.23. The fourth-order valence-electron chi connectivity index (χ4n) is 3.18. The van der Waals surface area contributed by atoms with Gasteiger partial charge in [-0.25, -0.2) is 4.79 Å². The number of rotatable bonds is 6. The van der Waals surface area contributed by atoms with E-state index in [4.69, 9.17) is 9.52 Å². The lowest BCUT2D eigenvalue weighted by Crippen LogP contribution is -1.97. The van der Waals surface area contributed by atoms with Crippen molar-refractivity contribution in [3.05, 3.63) is 89.5 Å². The minimum absolute atomic E-state index is 0.0209. The van der Waals surface area contributed by atoms with Gasteiger partial charge in [-0.3, -0.25) is 9.79 Å². The average Bonchev–Trinajstić information content (AvgIpc) is 3.32. The molecule has 1 N–H and O–H groups in total. The lowest BCUT2D eigenvalue weighted by molar-refractivity contribution is 0.0660. The van der Waals surface area contributed by atoms with Crippen molar-refractivity contribution in [3.63, 3.8) is 0 Å². The SMILES string of the molecule is CC(=O)c1ccc(N=Cc2cn(Cc3ccc(C(=O)O)o3)c3ccccc23)cc1. The maximum absolute atomic E-state index is 11.4. The first-order chi connectivity index (χ1) is 14.0. The van der Waals surface area contributed by atoms with Gasteiger partial charge in [-0.2, -0.15) is 0 Å². The van der Waals surface area contributed by atoms with E-state index in [0.29, 0.717) is 17.9 Å². The van der Waals surface area contributed by atoms with Gasteiger partial charge in [-0.15, -0.1) is 0 Å². The maximum Gasteiger partial charge on any atom is 0.371 e. The number of hydrogen-bond acceptors (Lipinski definition) is 4. The number of benzene rings is 2. The quantitative estimate of drug-likeness (QED) is 0.376. The highest BCUT2D eigenvalue weighted by molar-refractivity contribution is 6.00. The molecule has 4 aromatic rings. The van der Waals surface area contributed by atoms with Crippen LogP contribution in [0.5, 0.6) is 0 Å². The number of carbonyl (C=O) groups excluding carboxylic acids is 1. The van der Waals surface area contributed by atoms with Gasteiger partial charge in [0.05, 0.1) is 12.2 Å². The summed E-state index contributed by atoms with van der Waals surface area (Å²) >= 11 is 0. The Morgan fingerprint density at radius 3 is 2.52 bits per heavy atom. The smallest absolute Gasteiger partial charge is 0.371 e. The number of aliphatic imine (C=N–C) groups is 1. The normalized spacial score (nSPS) is 11.3. The molecule has 0 fully saturated rings. The standard InChI is InChI=1S/C23H18N2O4/c1-15(26)16-6-8-18(9-7-16)24-12-17-13-25(21-5-3-2-4-20(17)21)14-19-10-11-22(29-19)23(27)28/h2-13H,14H2,1H3,(H,27,28). The minimum atomic E-state index is -1.09. The molecule has 2 aromatic carbocycles. The van der Waals surface area contributed by atoms with Gasteiger partial charge in [0.15, 0.2) is 5.78 Å². The fourth-order valence-corrected chi connectivity index (χ4v) is 3.18. The molecule has 6 heteroatoms. The van der Waals surface area contributed by atoms with Crippen molar-refractivity contribution in [1.82, 2.24) is 4.57 Å². The molecule has 0 radical (unpaired) electrons. The van der Waals surface area contributed by atoms with Crippen molar-refractivity contribution in [1.29, 1.82) is 0 Å². The molecular formula is C23H18N2O4. The zero-order chi connectivity index (χ0) is 20.4. The van der Waals surface area contributed by atoms with Gasteiger partial charge in [0, 0.05) is 34.4 Å². The van der Waals surface area contributed by atoms with Crippen LogP contribution in [-0.4, -0.2) is 27.6 Å². The summed E-state index contributed by atoms with van der Waals surface area (Å²) < 4.78 is 7.39. The number of hydrogen-bond donors (Lipinski definition) is 1. The molecule has 0 saturated heterocycles. The predicted octanol–water partition coefficient (Wildman–Crippen LogP) is 4.93. The summed E-state index contributed by atoms with van der Waals surface area (Å²) in [4.78, 5) is 26.9. The minimum Gasteiger partial charge on any atom is -0.475 e. The second-order valence-corrected chi connectivity index (χ2v) is 6.66. The second-order valence-electron chi connectivity index (χ2n) is 6.66. The van der Waals surface area contributed by atoms with Crippen molar-refractivity contribution in [2.75, 3.05) is 0 Å². The van der Waals surface area contributed by atoms with Gasteiger partial charge in [-0.05, 0) is 49.4 Å². The predicted molar refractivity (Wildman–Crippen MR) is 110 cm³/mol. The van der Waals surface area contributed by atoms with E-state index in [1.165, 1.54) is 13.0 Å². The van der Waals surface area contributed by atoms with Crippen LogP contribution >= 0.6 is 0 Å². The number of carboxylic acid groups (broad SMARTS) is 1. The Bertz CT molecular complexity index is 1230. The van der Waals surface area contributed by atoms with Crippen molar-refractivity contribution in [2.24, 2.45) is 4.99 Å². The monoisotopic (exact) mass is 386 g/mol.